The van der Waals surface area contributed by atoms with Gasteiger partial charge in [0.05, 0.1) is 17.8 Å². The van der Waals surface area contributed by atoms with Crippen LogP contribution in [0.4, 0.5) is 5.69 Å². The lowest BCUT2D eigenvalue weighted by molar-refractivity contribution is 0.273. The van der Waals surface area contributed by atoms with Crippen LogP contribution in [0.15, 0.2) is 53.3 Å². The molecule has 4 nitrogen and oxygen atoms in total. The number of pyridine rings is 1. The second-order valence-electron chi connectivity index (χ2n) is 4.74. The smallest absolute Gasteiger partial charge is 0.126 e. The number of rotatable bonds is 5. The SMILES string of the molecule is OCCC(Nc1ccnc2ccc(Cl)cc12)c1ccco1. The Kier molecular flexibility index (Phi) is 4.08. The van der Waals surface area contributed by atoms with E-state index in [-0.39, 0.29) is 12.6 Å². The van der Waals surface area contributed by atoms with E-state index in [1.165, 1.54) is 0 Å². The Bertz CT molecular complexity index is 728. The van der Waals surface area contributed by atoms with Gasteiger partial charge in [0.2, 0.25) is 0 Å². The minimum absolute atomic E-state index is 0.0716. The zero-order valence-corrected chi connectivity index (χ0v) is 12.0. The molecule has 2 N–H and O–H groups in total. The van der Waals surface area contributed by atoms with Crippen molar-refractivity contribution in [2.24, 2.45) is 0 Å². The van der Waals surface area contributed by atoms with Crippen LogP contribution in [0.3, 0.4) is 0 Å². The molecule has 2 aromatic heterocycles. The van der Waals surface area contributed by atoms with Gasteiger partial charge in [-0.2, -0.15) is 0 Å². The summed E-state index contributed by atoms with van der Waals surface area (Å²) < 4.78 is 5.44. The maximum absolute atomic E-state index is 9.26. The zero-order valence-electron chi connectivity index (χ0n) is 11.3. The number of hydrogen-bond acceptors (Lipinski definition) is 4. The molecule has 0 aliphatic carbocycles. The first-order chi connectivity index (χ1) is 10.3. The summed E-state index contributed by atoms with van der Waals surface area (Å²) in [5.74, 6) is 0.788. The van der Waals surface area contributed by atoms with E-state index in [0.29, 0.717) is 11.4 Å². The van der Waals surface area contributed by atoms with Crippen molar-refractivity contribution in [3.63, 3.8) is 0 Å². The van der Waals surface area contributed by atoms with Crippen molar-refractivity contribution in [3.8, 4) is 0 Å². The molecular weight excluding hydrogens is 288 g/mol. The van der Waals surface area contributed by atoms with Gasteiger partial charge in [-0.05, 0) is 42.8 Å². The van der Waals surface area contributed by atoms with Crippen LogP contribution in [0, 0.1) is 0 Å². The summed E-state index contributed by atoms with van der Waals surface area (Å²) in [5, 5.41) is 14.3. The number of fused-ring (bicyclic) bond motifs is 1. The predicted octanol–water partition coefficient (Wildman–Crippen LogP) is 4.02. The number of furan rings is 1. The zero-order chi connectivity index (χ0) is 14.7. The predicted molar refractivity (Wildman–Crippen MR) is 83.5 cm³/mol. The molecule has 0 spiro atoms. The lowest BCUT2D eigenvalue weighted by atomic mass is 10.1. The Morgan fingerprint density at radius 2 is 2.19 bits per heavy atom. The number of nitrogens with zero attached hydrogens (tertiary/aromatic N) is 1. The molecule has 21 heavy (non-hydrogen) atoms. The lowest BCUT2D eigenvalue weighted by Gasteiger charge is -2.18. The third kappa shape index (κ3) is 3.01. The Labute approximate surface area is 127 Å². The third-order valence-corrected chi connectivity index (χ3v) is 3.57. The van der Waals surface area contributed by atoms with E-state index in [0.717, 1.165) is 22.4 Å². The number of hydrogen-bond donors (Lipinski definition) is 2. The fraction of sp³-hybridized carbons (Fsp3) is 0.188. The quantitative estimate of drug-likeness (QED) is 0.747. The van der Waals surface area contributed by atoms with Gasteiger partial charge in [0.25, 0.3) is 0 Å². The van der Waals surface area contributed by atoms with Gasteiger partial charge >= 0.3 is 0 Å². The second-order valence-corrected chi connectivity index (χ2v) is 5.18. The van der Waals surface area contributed by atoms with Crippen molar-refractivity contribution in [1.82, 2.24) is 4.98 Å². The average molecular weight is 303 g/mol. The molecular formula is C16H15ClN2O2. The van der Waals surface area contributed by atoms with Crippen LogP contribution >= 0.6 is 11.6 Å². The van der Waals surface area contributed by atoms with Crippen LogP contribution in [0.5, 0.6) is 0 Å². The van der Waals surface area contributed by atoms with E-state index in [1.54, 1.807) is 12.5 Å². The monoisotopic (exact) mass is 302 g/mol. The molecule has 0 saturated carbocycles. The standard InChI is InChI=1S/C16H15ClN2O2/c17-11-3-4-13-12(10-11)14(5-7-18-13)19-15(6-8-20)16-2-1-9-21-16/h1-5,7,9-10,15,20H,6,8H2,(H,18,19). The first-order valence-electron chi connectivity index (χ1n) is 6.73. The lowest BCUT2D eigenvalue weighted by Crippen LogP contribution is -2.12. The number of aliphatic hydroxyl groups excluding tert-OH is 1. The van der Waals surface area contributed by atoms with E-state index >= 15 is 0 Å². The fourth-order valence-corrected chi connectivity index (χ4v) is 2.51. The maximum atomic E-state index is 9.26. The number of aromatic nitrogens is 1. The average Bonchev–Trinajstić information content (AvgIpc) is 3.01. The Balaban J connectivity index is 1.97. The molecule has 0 radical (unpaired) electrons. The Morgan fingerprint density at radius 3 is 2.95 bits per heavy atom. The molecule has 2 heterocycles. The highest BCUT2D eigenvalue weighted by molar-refractivity contribution is 6.31. The van der Waals surface area contributed by atoms with Crippen molar-refractivity contribution < 1.29 is 9.52 Å². The van der Waals surface area contributed by atoms with Gasteiger partial charge in [-0.3, -0.25) is 4.98 Å². The normalized spacial score (nSPS) is 12.5. The van der Waals surface area contributed by atoms with Gasteiger partial charge in [-0.1, -0.05) is 11.6 Å². The molecule has 3 aromatic rings. The van der Waals surface area contributed by atoms with Gasteiger partial charge < -0.3 is 14.8 Å². The number of halogens is 1. The first-order valence-corrected chi connectivity index (χ1v) is 7.11. The maximum Gasteiger partial charge on any atom is 0.126 e. The molecule has 0 saturated heterocycles. The summed E-state index contributed by atoms with van der Waals surface area (Å²) in [6, 6.07) is 11.1. The molecule has 1 unspecified atom stereocenters. The van der Waals surface area contributed by atoms with Gasteiger partial charge in [0.15, 0.2) is 0 Å². The van der Waals surface area contributed by atoms with E-state index < -0.39 is 0 Å². The highest BCUT2D eigenvalue weighted by Crippen LogP contribution is 2.29. The summed E-state index contributed by atoms with van der Waals surface area (Å²) in [6.45, 7) is 0.0716. The van der Waals surface area contributed by atoms with E-state index in [1.807, 2.05) is 36.4 Å². The highest BCUT2D eigenvalue weighted by atomic mass is 35.5. The number of anilines is 1. The number of aliphatic hydroxyl groups is 1. The summed E-state index contributed by atoms with van der Waals surface area (Å²) in [4.78, 5) is 4.33. The van der Waals surface area contributed by atoms with Crippen molar-refractivity contribution in [2.45, 2.75) is 12.5 Å². The van der Waals surface area contributed by atoms with Crippen molar-refractivity contribution in [3.05, 3.63) is 59.6 Å². The van der Waals surface area contributed by atoms with Crippen molar-refractivity contribution in [1.29, 1.82) is 0 Å². The molecule has 5 heteroatoms. The summed E-state index contributed by atoms with van der Waals surface area (Å²) in [6.07, 6.45) is 3.93. The minimum atomic E-state index is -0.102. The summed E-state index contributed by atoms with van der Waals surface area (Å²) in [7, 11) is 0. The molecule has 0 bridgehead atoms. The van der Waals surface area contributed by atoms with Crippen LogP contribution in [-0.4, -0.2) is 16.7 Å². The van der Waals surface area contributed by atoms with Crippen LogP contribution in [0.2, 0.25) is 5.02 Å². The van der Waals surface area contributed by atoms with Gasteiger partial charge in [-0.25, -0.2) is 0 Å². The van der Waals surface area contributed by atoms with E-state index in [9.17, 15) is 5.11 Å². The minimum Gasteiger partial charge on any atom is -0.467 e. The molecule has 3 rings (SSSR count). The van der Waals surface area contributed by atoms with E-state index in [4.69, 9.17) is 16.0 Å². The largest absolute Gasteiger partial charge is 0.467 e. The summed E-state index contributed by atoms with van der Waals surface area (Å²) in [5.41, 5.74) is 1.78. The van der Waals surface area contributed by atoms with Crippen LogP contribution < -0.4 is 5.32 Å². The van der Waals surface area contributed by atoms with Crippen molar-refractivity contribution >= 4 is 28.2 Å². The van der Waals surface area contributed by atoms with Gasteiger partial charge in [-0.15, -0.1) is 0 Å². The highest BCUT2D eigenvalue weighted by Gasteiger charge is 2.15. The molecule has 0 aliphatic heterocycles. The molecule has 0 aliphatic rings. The van der Waals surface area contributed by atoms with Crippen LogP contribution in [0.1, 0.15) is 18.2 Å². The Morgan fingerprint density at radius 1 is 1.29 bits per heavy atom. The first kappa shape index (κ1) is 13.9. The second kappa shape index (κ2) is 6.16. The van der Waals surface area contributed by atoms with Crippen LogP contribution in [0.25, 0.3) is 10.9 Å². The fourth-order valence-electron chi connectivity index (χ4n) is 2.34. The third-order valence-electron chi connectivity index (χ3n) is 3.34. The Hall–Kier alpha value is -2.04. The molecule has 1 atom stereocenters. The number of benzene rings is 1. The molecule has 1 aromatic carbocycles. The van der Waals surface area contributed by atoms with Gasteiger partial charge in [0, 0.05) is 28.9 Å². The molecule has 0 amide bonds. The van der Waals surface area contributed by atoms with Crippen molar-refractivity contribution in [2.75, 3.05) is 11.9 Å². The van der Waals surface area contributed by atoms with Gasteiger partial charge in [0.1, 0.15) is 5.76 Å². The molecule has 108 valence electrons. The van der Waals surface area contributed by atoms with E-state index in [2.05, 4.69) is 10.3 Å². The molecule has 0 fully saturated rings. The topological polar surface area (TPSA) is 58.3 Å². The van der Waals surface area contributed by atoms with Crippen LogP contribution in [-0.2, 0) is 0 Å². The number of nitrogens with one attached hydrogen (secondary N) is 1. The summed E-state index contributed by atoms with van der Waals surface area (Å²) >= 11 is 6.07.